The van der Waals surface area contributed by atoms with E-state index in [1.165, 1.54) is 6.07 Å². The number of furan rings is 1. The molecule has 0 saturated heterocycles. The predicted octanol–water partition coefficient (Wildman–Crippen LogP) is 1.17. The molecule has 0 spiro atoms. The molecule has 116 valence electrons. The average Bonchev–Trinajstić information content (AvgIpc) is 2.93. The van der Waals surface area contributed by atoms with Crippen molar-refractivity contribution in [2.75, 3.05) is 6.26 Å². The summed E-state index contributed by atoms with van der Waals surface area (Å²) < 4.78 is 32.0. The first-order chi connectivity index (χ1) is 10.3. The number of nitrogens with two attached hydrogens (primary N) is 1. The van der Waals surface area contributed by atoms with Crippen LogP contribution in [0.25, 0.3) is 11.3 Å². The Morgan fingerprint density at radius 1 is 1.23 bits per heavy atom. The van der Waals surface area contributed by atoms with E-state index < -0.39 is 22.0 Å². The summed E-state index contributed by atoms with van der Waals surface area (Å²) in [5.74, 6) is -1.68. The van der Waals surface area contributed by atoms with Gasteiger partial charge < -0.3 is 10.2 Å². The minimum Gasteiger partial charge on any atom is -0.451 e. The SMILES string of the molecule is CS(=O)(=O)ON(C(=N)N)C(=O)c1ccc(-c2ccccc2)o1. The van der Waals surface area contributed by atoms with Crippen molar-refractivity contribution in [3.05, 3.63) is 48.2 Å². The zero-order valence-electron chi connectivity index (χ0n) is 11.5. The number of benzene rings is 1. The first-order valence-corrected chi connectivity index (χ1v) is 7.83. The molecule has 0 aliphatic carbocycles. The molecule has 9 heteroatoms. The Morgan fingerprint density at radius 3 is 2.41 bits per heavy atom. The van der Waals surface area contributed by atoms with Crippen molar-refractivity contribution in [1.29, 1.82) is 5.41 Å². The summed E-state index contributed by atoms with van der Waals surface area (Å²) >= 11 is 0. The monoisotopic (exact) mass is 323 g/mol. The number of carbonyl (C=O) groups excluding carboxylic acids is 1. The summed E-state index contributed by atoms with van der Waals surface area (Å²) in [6.07, 6.45) is 0.730. The molecule has 1 aromatic heterocycles. The van der Waals surface area contributed by atoms with Crippen LogP contribution in [0.15, 0.2) is 46.9 Å². The van der Waals surface area contributed by atoms with Gasteiger partial charge in [-0.15, -0.1) is 9.35 Å². The third kappa shape index (κ3) is 3.71. The highest BCUT2D eigenvalue weighted by Crippen LogP contribution is 2.22. The molecule has 0 fully saturated rings. The number of hydroxylamine groups is 2. The van der Waals surface area contributed by atoms with E-state index in [1.807, 2.05) is 6.07 Å². The van der Waals surface area contributed by atoms with E-state index in [4.69, 9.17) is 15.6 Å². The molecule has 2 aromatic rings. The van der Waals surface area contributed by atoms with Crippen LogP contribution in [-0.2, 0) is 14.4 Å². The van der Waals surface area contributed by atoms with Crippen LogP contribution in [-0.4, -0.2) is 31.6 Å². The number of hydrogen-bond acceptors (Lipinski definition) is 6. The lowest BCUT2D eigenvalue weighted by Gasteiger charge is -2.16. The fraction of sp³-hybridized carbons (Fsp3) is 0.0769. The zero-order valence-corrected chi connectivity index (χ0v) is 12.3. The van der Waals surface area contributed by atoms with Crippen LogP contribution in [0, 0.1) is 5.41 Å². The summed E-state index contributed by atoms with van der Waals surface area (Å²) in [6.45, 7) is 0. The van der Waals surface area contributed by atoms with Crippen molar-refractivity contribution < 1.29 is 21.9 Å². The molecule has 1 heterocycles. The smallest absolute Gasteiger partial charge is 0.321 e. The Labute approximate surface area is 126 Å². The van der Waals surface area contributed by atoms with Gasteiger partial charge >= 0.3 is 5.91 Å². The van der Waals surface area contributed by atoms with Gasteiger partial charge in [-0.05, 0) is 12.1 Å². The molecule has 1 amide bonds. The van der Waals surface area contributed by atoms with Gasteiger partial charge in [0.25, 0.3) is 10.1 Å². The molecule has 0 radical (unpaired) electrons. The average molecular weight is 323 g/mol. The number of amides is 1. The molecule has 0 bridgehead atoms. The van der Waals surface area contributed by atoms with Gasteiger partial charge in [-0.25, -0.2) is 0 Å². The lowest BCUT2D eigenvalue weighted by molar-refractivity contribution is 0.0173. The molecule has 0 aliphatic rings. The van der Waals surface area contributed by atoms with Crippen LogP contribution < -0.4 is 5.73 Å². The number of guanidine groups is 1. The second-order valence-corrected chi connectivity index (χ2v) is 5.85. The van der Waals surface area contributed by atoms with E-state index in [0.717, 1.165) is 11.8 Å². The summed E-state index contributed by atoms with van der Waals surface area (Å²) in [7, 11) is -4.02. The summed E-state index contributed by atoms with van der Waals surface area (Å²) in [5, 5.41) is 7.38. The Hall–Kier alpha value is -2.65. The Balaban J connectivity index is 2.29. The maximum atomic E-state index is 12.1. The van der Waals surface area contributed by atoms with E-state index in [-0.39, 0.29) is 10.8 Å². The van der Waals surface area contributed by atoms with Crippen LogP contribution in [0.4, 0.5) is 0 Å². The molecule has 8 nitrogen and oxygen atoms in total. The Bertz CT molecular complexity index is 798. The molecule has 0 atom stereocenters. The quantitative estimate of drug-likeness (QED) is 0.494. The lowest BCUT2D eigenvalue weighted by atomic mass is 10.2. The molecule has 0 aliphatic heterocycles. The number of hydrogen-bond donors (Lipinski definition) is 2. The minimum atomic E-state index is -4.02. The number of nitrogens with one attached hydrogen (secondary N) is 1. The molecule has 22 heavy (non-hydrogen) atoms. The molecule has 3 N–H and O–H groups in total. The lowest BCUT2D eigenvalue weighted by Crippen LogP contribution is -2.42. The predicted molar refractivity (Wildman–Crippen MR) is 78.2 cm³/mol. The van der Waals surface area contributed by atoms with Gasteiger partial charge in [0.05, 0.1) is 6.26 Å². The molecule has 1 aromatic carbocycles. The van der Waals surface area contributed by atoms with Gasteiger partial charge in [-0.2, -0.15) is 8.42 Å². The number of carbonyl (C=O) groups is 1. The topological polar surface area (TPSA) is 127 Å². The molecule has 2 rings (SSSR count). The Kier molecular flexibility index (Phi) is 4.29. The second-order valence-electron chi connectivity index (χ2n) is 4.29. The first kappa shape index (κ1) is 15.7. The van der Waals surface area contributed by atoms with E-state index in [9.17, 15) is 13.2 Å². The van der Waals surface area contributed by atoms with Crippen molar-refractivity contribution in [3.8, 4) is 11.3 Å². The van der Waals surface area contributed by atoms with Crippen LogP contribution >= 0.6 is 0 Å². The maximum Gasteiger partial charge on any atom is 0.321 e. The van der Waals surface area contributed by atoms with Gasteiger partial charge in [-0.1, -0.05) is 30.3 Å². The maximum absolute atomic E-state index is 12.1. The van der Waals surface area contributed by atoms with Crippen LogP contribution in [0.3, 0.4) is 0 Å². The molecular weight excluding hydrogens is 310 g/mol. The van der Waals surface area contributed by atoms with E-state index in [2.05, 4.69) is 4.28 Å². The highest BCUT2D eigenvalue weighted by molar-refractivity contribution is 7.85. The number of nitrogens with zero attached hydrogens (tertiary/aromatic N) is 1. The zero-order chi connectivity index (χ0) is 16.3. The normalized spacial score (nSPS) is 11.1. The van der Waals surface area contributed by atoms with Crippen LogP contribution in [0.2, 0.25) is 0 Å². The minimum absolute atomic E-state index is 0.142. The largest absolute Gasteiger partial charge is 0.451 e. The Morgan fingerprint density at radius 2 is 1.86 bits per heavy atom. The molecule has 0 saturated carbocycles. The first-order valence-electron chi connectivity index (χ1n) is 6.01. The van der Waals surface area contributed by atoms with Crippen LogP contribution in [0.1, 0.15) is 10.6 Å². The fourth-order valence-corrected chi connectivity index (χ4v) is 2.05. The number of rotatable bonds is 4. The standard InChI is InChI=1S/C13H13N3O5S/c1-22(18,19)21-16(13(14)15)12(17)11-8-7-10(20-11)9-5-3-2-4-6-9/h2-8H,1H3,(H3,14,15). The van der Waals surface area contributed by atoms with Crippen molar-refractivity contribution in [2.45, 2.75) is 0 Å². The highest BCUT2D eigenvalue weighted by atomic mass is 32.2. The van der Waals surface area contributed by atoms with Crippen molar-refractivity contribution in [3.63, 3.8) is 0 Å². The van der Waals surface area contributed by atoms with Gasteiger partial charge in [0.15, 0.2) is 5.76 Å². The summed E-state index contributed by atoms with van der Waals surface area (Å²) in [5.41, 5.74) is 5.89. The second kappa shape index (κ2) is 6.00. The van der Waals surface area contributed by atoms with Gasteiger partial charge in [0.2, 0.25) is 5.96 Å². The van der Waals surface area contributed by atoms with E-state index in [1.54, 1.807) is 30.3 Å². The summed E-state index contributed by atoms with van der Waals surface area (Å²) in [6, 6.07) is 11.9. The molecule has 0 unspecified atom stereocenters. The van der Waals surface area contributed by atoms with Gasteiger partial charge in [-0.3, -0.25) is 10.2 Å². The van der Waals surface area contributed by atoms with Gasteiger partial charge in [0, 0.05) is 5.56 Å². The fourth-order valence-electron chi connectivity index (χ4n) is 1.63. The molecular formula is C13H13N3O5S. The van der Waals surface area contributed by atoms with E-state index in [0.29, 0.717) is 5.76 Å². The highest BCUT2D eigenvalue weighted by Gasteiger charge is 2.26. The van der Waals surface area contributed by atoms with E-state index >= 15 is 0 Å². The van der Waals surface area contributed by atoms with Crippen molar-refractivity contribution in [2.24, 2.45) is 5.73 Å². The van der Waals surface area contributed by atoms with Crippen LogP contribution in [0.5, 0.6) is 0 Å². The summed E-state index contributed by atoms with van der Waals surface area (Å²) in [4.78, 5) is 12.1. The van der Waals surface area contributed by atoms with Crippen molar-refractivity contribution >= 4 is 22.0 Å². The third-order valence-corrected chi connectivity index (χ3v) is 2.91. The van der Waals surface area contributed by atoms with Crippen molar-refractivity contribution in [1.82, 2.24) is 5.06 Å². The third-order valence-electron chi connectivity index (χ3n) is 2.49. The van der Waals surface area contributed by atoms with Gasteiger partial charge in [0.1, 0.15) is 5.76 Å².